The van der Waals surface area contributed by atoms with Gasteiger partial charge in [-0.05, 0) is 24.3 Å². The fourth-order valence-electron chi connectivity index (χ4n) is 1.48. The second kappa shape index (κ2) is 3.57. The molecule has 0 bridgehead atoms. The first-order valence-corrected chi connectivity index (χ1v) is 5.13. The van der Waals surface area contributed by atoms with Gasteiger partial charge in [0.05, 0.1) is 11.6 Å². The van der Waals surface area contributed by atoms with E-state index in [-0.39, 0.29) is 0 Å². The molecule has 0 amide bonds. The lowest BCUT2D eigenvalue weighted by Crippen LogP contribution is -1.88. The van der Waals surface area contributed by atoms with Crippen molar-refractivity contribution in [2.45, 2.75) is 0 Å². The third kappa shape index (κ3) is 1.53. The normalized spacial score (nSPS) is 10.8. The Bertz CT molecular complexity index is 630. The number of benzene rings is 1. The van der Waals surface area contributed by atoms with Crippen LogP contribution in [-0.4, -0.2) is 20.2 Å². The summed E-state index contributed by atoms with van der Waals surface area (Å²) in [5, 5.41) is 8.32. The third-order valence-electron chi connectivity index (χ3n) is 2.29. The van der Waals surface area contributed by atoms with E-state index in [9.17, 15) is 0 Å². The van der Waals surface area contributed by atoms with E-state index in [1.807, 2.05) is 24.3 Å². The summed E-state index contributed by atoms with van der Waals surface area (Å²) in [7, 11) is 0. The van der Waals surface area contributed by atoms with Crippen molar-refractivity contribution in [3.8, 4) is 11.4 Å². The number of rotatable bonds is 1. The van der Waals surface area contributed by atoms with Gasteiger partial charge in [-0.1, -0.05) is 11.6 Å². The molecule has 1 aromatic carbocycles. The summed E-state index contributed by atoms with van der Waals surface area (Å²) in [4.78, 5) is 8.63. The molecule has 0 unspecified atom stereocenters. The second-order valence-corrected chi connectivity index (χ2v) is 3.81. The molecule has 4 nitrogen and oxygen atoms in total. The van der Waals surface area contributed by atoms with Gasteiger partial charge in [0.2, 0.25) is 0 Å². The topological polar surface area (TPSA) is 54.5 Å². The fraction of sp³-hybridized carbons (Fsp3) is 0. The van der Waals surface area contributed by atoms with Gasteiger partial charge in [0.1, 0.15) is 0 Å². The maximum atomic E-state index is 5.82. The van der Waals surface area contributed by atoms with Crippen LogP contribution in [0, 0.1) is 0 Å². The maximum Gasteiger partial charge on any atom is 0.161 e. The van der Waals surface area contributed by atoms with Crippen LogP contribution in [0.5, 0.6) is 0 Å². The highest BCUT2D eigenvalue weighted by atomic mass is 35.5. The van der Waals surface area contributed by atoms with Crippen LogP contribution in [0.1, 0.15) is 0 Å². The quantitative estimate of drug-likeness (QED) is 0.699. The molecule has 5 heteroatoms. The van der Waals surface area contributed by atoms with Crippen LogP contribution in [0.15, 0.2) is 36.7 Å². The molecule has 0 aliphatic carbocycles. The first kappa shape index (κ1) is 9.30. The van der Waals surface area contributed by atoms with Crippen LogP contribution in [0.4, 0.5) is 0 Å². The monoisotopic (exact) mass is 230 g/mol. The van der Waals surface area contributed by atoms with E-state index >= 15 is 0 Å². The first-order chi connectivity index (χ1) is 7.83. The van der Waals surface area contributed by atoms with Gasteiger partial charge in [-0.15, -0.1) is 0 Å². The summed E-state index contributed by atoms with van der Waals surface area (Å²) in [6.07, 6.45) is 3.44. The lowest BCUT2D eigenvalue weighted by molar-refractivity contribution is 1.09. The number of nitrogens with zero attached hydrogens (tertiary/aromatic N) is 3. The molecule has 0 atom stereocenters. The Morgan fingerprint density at radius 3 is 2.69 bits per heavy atom. The highest BCUT2D eigenvalue weighted by Crippen LogP contribution is 2.19. The molecule has 2 aromatic heterocycles. The number of hydrogen-bond acceptors (Lipinski definition) is 3. The van der Waals surface area contributed by atoms with Crippen molar-refractivity contribution in [2.24, 2.45) is 0 Å². The van der Waals surface area contributed by atoms with E-state index in [1.165, 1.54) is 0 Å². The van der Waals surface area contributed by atoms with Crippen LogP contribution < -0.4 is 0 Å². The van der Waals surface area contributed by atoms with Crippen LogP contribution in [-0.2, 0) is 0 Å². The highest BCUT2D eigenvalue weighted by molar-refractivity contribution is 6.30. The molecule has 2 heterocycles. The number of fused-ring (bicyclic) bond motifs is 1. The number of nitrogens with one attached hydrogen (secondary N) is 1. The zero-order valence-electron chi connectivity index (χ0n) is 8.18. The summed E-state index contributed by atoms with van der Waals surface area (Å²) in [6, 6.07) is 7.41. The molecular formula is C11H7ClN4. The van der Waals surface area contributed by atoms with Gasteiger partial charge in [-0.25, -0.2) is 9.97 Å². The van der Waals surface area contributed by atoms with Gasteiger partial charge in [0.25, 0.3) is 0 Å². The van der Waals surface area contributed by atoms with Crippen LogP contribution in [0.2, 0.25) is 5.02 Å². The molecule has 3 rings (SSSR count). The van der Waals surface area contributed by atoms with Crippen molar-refractivity contribution in [3.05, 3.63) is 41.7 Å². The Kier molecular flexibility index (Phi) is 2.08. The largest absolute Gasteiger partial charge is 0.261 e. The minimum atomic E-state index is 0.661. The lowest BCUT2D eigenvalue weighted by Gasteiger charge is -1.99. The maximum absolute atomic E-state index is 5.82. The molecule has 0 aliphatic heterocycles. The molecule has 0 saturated heterocycles. The molecule has 0 aliphatic rings. The van der Waals surface area contributed by atoms with Gasteiger partial charge in [0, 0.05) is 16.8 Å². The SMILES string of the molecule is Clc1ccc(-c2ncc3cn[nH]c3n2)cc1. The van der Waals surface area contributed by atoms with Crippen molar-refractivity contribution in [1.29, 1.82) is 0 Å². The predicted octanol–water partition coefficient (Wildman–Crippen LogP) is 2.67. The number of aromatic nitrogens is 4. The Labute approximate surface area is 96.3 Å². The van der Waals surface area contributed by atoms with Gasteiger partial charge in [-0.3, -0.25) is 5.10 Å². The molecule has 3 aromatic rings. The first-order valence-electron chi connectivity index (χ1n) is 4.75. The van der Waals surface area contributed by atoms with Crippen molar-refractivity contribution >= 4 is 22.6 Å². The molecule has 78 valence electrons. The standard InChI is InChI=1S/C11H7ClN4/c12-9-3-1-7(2-4-9)10-13-5-8-6-14-16-11(8)15-10/h1-6H,(H,13,14,15,16). The number of H-pyrrole nitrogens is 1. The summed E-state index contributed by atoms with van der Waals surface area (Å²) in [6.45, 7) is 0. The zero-order valence-corrected chi connectivity index (χ0v) is 8.94. The average molecular weight is 231 g/mol. The Hall–Kier alpha value is -1.94. The van der Waals surface area contributed by atoms with Gasteiger partial charge in [-0.2, -0.15) is 5.10 Å². The van der Waals surface area contributed by atoms with Gasteiger partial charge in [0.15, 0.2) is 11.5 Å². The predicted molar refractivity (Wildman–Crippen MR) is 62.1 cm³/mol. The summed E-state index contributed by atoms with van der Waals surface area (Å²) >= 11 is 5.82. The molecular weight excluding hydrogens is 224 g/mol. The molecule has 0 radical (unpaired) electrons. The van der Waals surface area contributed by atoms with Crippen LogP contribution in [0.25, 0.3) is 22.4 Å². The number of aromatic amines is 1. The smallest absolute Gasteiger partial charge is 0.161 e. The lowest BCUT2D eigenvalue weighted by atomic mass is 10.2. The average Bonchev–Trinajstić information content (AvgIpc) is 2.77. The van der Waals surface area contributed by atoms with E-state index in [4.69, 9.17) is 11.6 Å². The van der Waals surface area contributed by atoms with Crippen molar-refractivity contribution in [3.63, 3.8) is 0 Å². The Balaban J connectivity index is 2.14. The van der Waals surface area contributed by atoms with Gasteiger partial charge < -0.3 is 0 Å². The highest BCUT2D eigenvalue weighted by Gasteiger charge is 2.03. The molecule has 0 spiro atoms. The van der Waals surface area contributed by atoms with Gasteiger partial charge >= 0.3 is 0 Å². The minimum Gasteiger partial charge on any atom is -0.261 e. The van der Waals surface area contributed by atoms with E-state index in [0.29, 0.717) is 10.8 Å². The molecule has 1 N–H and O–H groups in total. The Morgan fingerprint density at radius 1 is 1.06 bits per heavy atom. The van der Waals surface area contributed by atoms with Crippen LogP contribution >= 0.6 is 11.6 Å². The second-order valence-electron chi connectivity index (χ2n) is 3.37. The van der Waals surface area contributed by atoms with Crippen molar-refractivity contribution < 1.29 is 0 Å². The summed E-state index contributed by atoms with van der Waals surface area (Å²) in [5.41, 5.74) is 1.67. The molecule has 16 heavy (non-hydrogen) atoms. The summed E-state index contributed by atoms with van der Waals surface area (Å²) in [5.74, 6) is 0.661. The van der Waals surface area contributed by atoms with E-state index < -0.39 is 0 Å². The van der Waals surface area contributed by atoms with Crippen molar-refractivity contribution in [2.75, 3.05) is 0 Å². The van der Waals surface area contributed by atoms with Crippen molar-refractivity contribution in [1.82, 2.24) is 20.2 Å². The Morgan fingerprint density at radius 2 is 1.88 bits per heavy atom. The molecule has 0 fully saturated rings. The molecule has 0 saturated carbocycles. The number of hydrogen-bond donors (Lipinski definition) is 1. The third-order valence-corrected chi connectivity index (χ3v) is 2.55. The van der Waals surface area contributed by atoms with Crippen LogP contribution in [0.3, 0.4) is 0 Å². The zero-order chi connectivity index (χ0) is 11.0. The van der Waals surface area contributed by atoms with E-state index in [0.717, 1.165) is 16.6 Å². The van der Waals surface area contributed by atoms with E-state index in [2.05, 4.69) is 20.2 Å². The minimum absolute atomic E-state index is 0.661. The summed E-state index contributed by atoms with van der Waals surface area (Å²) < 4.78 is 0. The fourth-order valence-corrected chi connectivity index (χ4v) is 1.60. The van der Waals surface area contributed by atoms with E-state index in [1.54, 1.807) is 12.4 Å². The number of halogens is 1.